The third-order valence-electron chi connectivity index (χ3n) is 5.50. The standard InChI is InChI=1S/C18H27FN2/c1-2-16(20)18(14-7-9-15(19)10-8-14)21-12-11-13-5-3-4-6-17(13)21/h7-10,13,16-18H,2-6,11-12,20H2,1H3. The lowest BCUT2D eigenvalue weighted by Gasteiger charge is -2.39. The van der Waals surface area contributed by atoms with Crippen molar-refractivity contribution >= 4 is 0 Å². The zero-order chi connectivity index (χ0) is 14.8. The Balaban J connectivity index is 1.87. The number of hydrogen-bond donors (Lipinski definition) is 1. The Morgan fingerprint density at radius 1 is 1.19 bits per heavy atom. The number of likely N-dealkylation sites (tertiary alicyclic amines) is 1. The van der Waals surface area contributed by atoms with E-state index in [4.69, 9.17) is 5.73 Å². The lowest BCUT2D eigenvalue weighted by atomic mass is 9.84. The lowest BCUT2D eigenvalue weighted by Crippen LogP contribution is -2.45. The first-order valence-electron chi connectivity index (χ1n) is 8.47. The Kier molecular flexibility index (Phi) is 4.60. The van der Waals surface area contributed by atoms with Crippen LogP contribution >= 0.6 is 0 Å². The molecule has 4 unspecified atom stereocenters. The number of nitrogens with two attached hydrogens (primary N) is 1. The van der Waals surface area contributed by atoms with Gasteiger partial charge >= 0.3 is 0 Å². The van der Waals surface area contributed by atoms with Crippen LogP contribution in [0.25, 0.3) is 0 Å². The summed E-state index contributed by atoms with van der Waals surface area (Å²) in [5.41, 5.74) is 7.63. The molecular formula is C18H27FN2. The number of hydrogen-bond acceptors (Lipinski definition) is 2. The van der Waals surface area contributed by atoms with Crippen molar-refractivity contribution in [1.29, 1.82) is 0 Å². The van der Waals surface area contributed by atoms with Gasteiger partial charge in [-0.3, -0.25) is 4.90 Å². The number of rotatable bonds is 4. The summed E-state index contributed by atoms with van der Waals surface area (Å²) in [6, 6.07) is 8.03. The molecular weight excluding hydrogens is 263 g/mol. The van der Waals surface area contributed by atoms with Gasteiger partial charge in [-0.1, -0.05) is 31.9 Å². The molecule has 2 fully saturated rings. The normalized spacial score (nSPS) is 29.1. The van der Waals surface area contributed by atoms with Gasteiger partial charge in [-0.15, -0.1) is 0 Å². The fraction of sp³-hybridized carbons (Fsp3) is 0.667. The maximum atomic E-state index is 13.2. The van der Waals surface area contributed by atoms with Crippen molar-refractivity contribution < 1.29 is 4.39 Å². The van der Waals surface area contributed by atoms with E-state index in [1.165, 1.54) is 37.7 Å². The summed E-state index contributed by atoms with van der Waals surface area (Å²) in [5, 5.41) is 0. The van der Waals surface area contributed by atoms with Crippen LogP contribution < -0.4 is 5.73 Å². The van der Waals surface area contributed by atoms with Gasteiger partial charge in [0.1, 0.15) is 5.82 Å². The van der Waals surface area contributed by atoms with Crippen LogP contribution in [0.1, 0.15) is 57.1 Å². The van der Waals surface area contributed by atoms with Gasteiger partial charge in [0, 0.05) is 12.1 Å². The number of halogens is 1. The summed E-state index contributed by atoms with van der Waals surface area (Å²) in [7, 11) is 0. The van der Waals surface area contributed by atoms with Crippen molar-refractivity contribution in [3.05, 3.63) is 35.6 Å². The molecule has 0 bridgehead atoms. The molecule has 4 atom stereocenters. The van der Waals surface area contributed by atoms with Crippen LogP contribution in [0.4, 0.5) is 4.39 Å². The molecule has 0 spiro atoms. The summed E-state index contributed by atoms with van der Waals surface area (Å²) < 4.78 is 13.2. The maximum absolute atomic E-state index is 13.2. The van der Waals surface area contributed by atoms with E-state index in [0.29, 0.717) is 6.04 Å². The average molecular weight is 290 g/mol. The van der Waals surface area contributed by atoms with Crippen molar-refractivity contribution in [1.82, 2.24) is 4.90 Å². The fourth-order valence-electron chi connectivity index (χ4n) is 4.36. The highest BCUT2D eigenvalue weighted by atomic mass is 19.1. The molecule has 0 radical (unpaired) electrons. The van der Waals surface area contributed by atoms with Crippen molar-refractivity contribution in [2.75, 3.05) is 6.54 Å². The molecule has 1 heterocycles. The number of benzene rings is 1. The van der Waals surface area contributed by atoms with Gasteiger partial charge in [0.2, 0.25) is 0 Å². The second kappa shape index (κ2) is 6.45. The highest BCUT2D eigenvalue weighted by molar-refractivity contribution is 5.22. The van der Waals surface area contributed by atoms with Crippen LogP contribution in [-0.4, -0.2) is 23.5 Å². The molecule has 0 aromatic heterocycles. The fourth-order valence-corrected chi connectivity index (χ4v) is 4.36. The maximum Gasteiger partial charge on any atom is 0.123 e. The molecule has 2 N–H and O–H groups in total. The zero-order valence-electron chi connectivity index (χ0n) is 13.0. The van der Waals surface area contributed by atoms with E-state index in [2.05, 4.69) is 11.8 Å². The molecule has 0 amide bonds. The quantitative estimate of drug-likeness (QED) is 0.912. The minimum Gasteiger partial charge on any atom is -0.326 e. The molecule has 1 aliphatic carbocycles. The van der Waals surface area contributed by atoms with E-state index in [1.807, 2.05) is 12.1 Å². The van der Waals surface area contributed by atoms with Crippen molar-refractivity contribution in [2.45, 2.75) is 63.6 Å². The van der Waals surface area contributed by atoms with Crippen molar-refractivity contribution in [2.24, 2.45) is 11.7 Å². The van der Waals surface area contributed by atoms with E-state index in [0.717, 1.165) is 18.9 Å². The van der Waals surface area contributed by atoms with E-state index >= 15 is 0 Å². The first kappa shape index (κ1) is 15.0. The minimum atomic E-state index is -0.167. The molecule has 116 valence electrons. The highest BCUT2D eigenvalue weighted by Crippen LogP contribution is 2.41. The molecule has 3 rings (SSSR count). The zero-order valence-corrected chi connectivity index (χ0v) is 13.0. The summed E-state index contributed by atoms with van der Waals surface area (Å²) in [4.78, 5) is 2.63. The Morgan fingerprint density at radius 3 is 2.62 bits per heavy atom. The topological polar surface area (TPSA) is 29.3 Å². The lowest BCUT2D eigenvalue weighted by molar-refractivity contribution is 0.114. The van der Waals surface area contributed by atoms with E-state index in [-0.39, 0.29) is 17.9 Å². The predicted molar refractivity (Wildman–Crippen MR) is 84.5 cm³/mol. The smallest absolute Gasteiger partial charge is 0.123 e. The predicted octanol–water partition coefficient (Wildman–Crippen LogP) is 3.87. The van der Waals surface area contributed by atoms with Gasteiger partial charge < -0.3 is 5.73 Å². The molecule has 3 heteroatoms. The second-order valence-electron chi connectivity index (χ2n) is 6.71. The average Bonchev–Trinajstić information content (AvgIpc) is 2.93. The van der Waals surface area contributed by atoms with Crippen LogP contribution in [0.5, 0.6) is 0 Å². The van der Waals surface area contributed by atoms with E-state index in [9.17, 15) is 4.39 Å². The SMILES string of the molecule is CCC(N)C(c1ccc(F)cc1)N1CCC2CCCCC21. The van der Waals surface area contributed by atoms with Gasteiger partial charge in [0.15, 0.2) is 0 Å². The minimum absolute atomic E-state index is 0.121. The van der Waals surface area contributed by atoms with Gasteiger partial charge in [0.05, 0.1) is 6.04 Å². The van der Waals surface area contributed by atoms with Gasteiger partial charge in [0.25, 0.3) is 0 Å². The van der Waals surface area contributed by atoms with Gasteiger partial charge in [-0.25, -0.2) is 4.39 Å². The first-order valence-corrected chi connectivity index (χ1v) is 8.47. The molecule has 21 heavy (non-hydrogen) atoms. The Morgan fingerprint density at radius 2 is 1.90 bits per heavy atom. The molecule has 1 aromatic carbocycles. The van der Waals surface area contributed by atoms with Crippen LogP contribution in [0, 0.1) is 11.7 Å². The van der Waals surface area contributed by atoms with Crippen LogP contribution in [0.15, 0.2) is 24.3 Å². The van der Waals surface area contributed by atoms with E-state index in [1.54, 1.807) is 12.1 Å². The molecule has 2 aliphatic rings. The van der Waals surface area contributed by atoms with Gasteiger partial charge in [-0.05, 0) is 55.8 Å². The highest BCUT2D eigenvalue weighted by Gasteiger charge is 2.40. The number of fused-ring (bicyclic) bond motifs is 1. The summed E-state index contributed by atoms with van der Waals surface area (Å²) in [6.07, 6.45) is 7.66. The molecule has 1 aromatic rings. The largest absolute Gasteiger partial charge is 0.326 e. The number of nitrogens with zero attached hydrogens (tertiary/aromatic N) is 1. The Labute approximate surface area is 127 Å². The first-order chi connectivity index (χ1) is 10.2. The van der Waals surface area contributed by atoms with Crippen molar-refractivity contribution in [3.8, 4) is 0 Å². The van der Waals surface area contributed by atoms with Gasteiger partial charge in [-0.2, -0.15) is 0 Å². The van der Waals surface area contributed by atoms with Crippen LogP contribution in [0.2, 0.25) is 0 Å². The second-order valence-corrected chi connectivity index (χ2v) is 6.71. The monoisotopic (exact) mass is 290 g/mol. The van der Waals surface area contributed by atoms with E-state index < -0.39 is 0 Å². The van der Waals surface area contributed by atoms with Crippen LogP contribution in [-0.2, 0) is 0 Å². The third kappa shape index (κ3) is 3.00. The Hall–Kier alpha value is -0.930. The van der Waals surface area contributed by atoms with Crippen LogP contribution in [0.3, 0.4) is 0 Å². The Bertz CT molecular complexity index is 459. The summed E-state index contributed by atoms with van der Waals surface area (Å²) >= 11 is 0. The summed E-state index contributed by atoms with van der Waals surface area (Å²) in [5.74, 6) is 0.685. The molecule has 1 saturated carbocycles. The molecule has 1 saturated heterocycles. The summed E-state index contributed by atoms with van der Waals surface area (Å²) in [6.45, 7) is 3.29. The molecule has 1 aliphatic heterocycles. The molecule has 2 nitrogen and oxygen atoms in total. The third-order valence-corrected chi connectivity index (χ3v) is 5.50. The van der Waals surface area contributed by atoms with Crippen molar-refractivity contribution in [3.63, 3.8) is 0 Å².